The molecule has 26 heavy (non-hydrogen) atoms. The third-order valence-electron chi connectivity index (χ3n) is 5.60. The molecule has 1 saturated carbocycles. The first-order chi connectivity index (χ1) is 12.4. The van der Waals surface area contributed by atoms with Crippen molar-refractivity contribution in [3.63, 3.8) is 0 Å². The van der Waals surface area contributed by atoms with Gasteiger partial charge in [0.15, 0.2) is 9.84 Å². The van der Waals surface area contributed by atoms with Crippen LogP contribution < -0.4 is 10.1 Å². The van der Waals surface area contributed by atoms with Crippen LogP contribution in [0.2, 0.25) is 0 Å². The van der Waals surface area contributed by atoms with Gasteiger partial charge in [-0.25, -0.2) is 8.42 Å². The minimum absolute atomic E-state index is 0.0225. The molecule has 140 valence electrons. The average Bonchev–Trinajstić information content (AvgIpc) is 3.33. The molecule has 1 N–H and O–H groups in total. The number of likely N-dealkylation sites (tertiary alicyclic amines) is 1. The van der Waals surface area contributed by atoms with E-state index in [1.54, 1.807) is 36.3 Å². The number of sulfone groups is 1. The lowest BCUT2D eigenvalue weighted by atomic mass is 10.0. The van der Waals surface area contributed by atoms with Crippen LogP contribution >= 0.6 is 0 Å². The normalized spacial score (nSPS) is 29.3. The summed E-state index contributed by atoms with van der Waals surface area (Å²) in [6, 6.07) is 6.37. The average molecular weight is 378 g/mol. The number of carbonyl (C=O) groups is 2. The van der Waals surface area contributed by atoms with Crippen molar-refractivity contribution in [2.24, 2.45) is 11.8 Å². The van der Waals surface area contributed by atoms with Crippen LogP contribution in [0.1, 0.15) is 23.2 Å². The monoisotopic (exact) mass is 378 g/mol. The maximum atomic E-state index is 12.7. The molecule has 0 radical (unpaired) electrons. The van der Waals surface area contributed by atoms with E-state index in [4.69, 9.17) is 4.74 Å². The summed E-state index contributed by atoms with van der Waals surface area (Å²) in [5.74, 6) is 0.200. The van der Waals surface area contributed by atoms with Crippen LogP contribution in [-0.2, 0) is 14.6 Å². The van der Waals surface area contributed by atoms with Gasteiger partial charge < -0.3 is 15.0 Å². The SMILES string of the molecule is COc1ccc(C(=O)N2CC3C(NC(=O)C4CC4)CS(=O)(=O)C3C2)cc1. The summed E-state index contributed by atoms with van der Waals surface area (Å²) >= 11 is 0. The lowest BCUT2D eigenvalue weighted by molar-refractivity contribution is -0.123. The summed E-state index contributed by atoms with van der Waals surface area (Å²) in [5, 5.41) is 2.32. The van der Waals surface area contributed by atoms with Crippen LogP contribution in [-0.4, -0.2) is 62.4 Å². The Labute approximate surface area is 152 Å². The number of rotatable bonds is 4. The number of ether oxygens (including phenoxy) is 1. The van der Waals surface area contributed by atoms with Crippen molar-refractivity contribution in [3.8, 4) is 5.75 Å². The van der Waals surface area contributed by atoms with E-state index in [2.05, 4.69) is 5.32 Å². The molecule has 0 bridgehead atoms. The first-order valence-corrected chi connectivity index (χ1v) is 10.6. The Kier molecular flexibility index (Phi) is 4.17. The smallest absolute Gasteiger partial charge is 0.253 e. The molecule has 2 heterocycles. The van der Waals surface area contributed by atoms with Crippen LogP contribution in [0.5, 0.6) is 5.75 Å². The maximum Gasteiger partial charge on any atom is 0.253 e. The van der Waals surface area contributed by atoms with Crippen LogP contribution in [0.25, 0.3) is 0 Å². The van der Waals surface area contributed by atoms with Gasteiger partial charge >= 0.3 is 0 Å². The van der Waals surface area contributed by atoms with Gasteiger partial charge in [0.05, 0.1) is 18.1 Å². The fourth-order valence-corrected chi connectivity index (χ4v) is 6.23. The van der Waals surface area contributed by atoms with Gasteiger partial charge in [-0.05, 0) is 37.1 Å². The number of methoxy groups -OCH3 is 1. The van der Waals surface area contributed by atoms with Gasteiger partial charge in [-0.15, -0.1) is 0 Å². The molecule has 3 unspecified atom stereocenters. The van der Waals surface area contributed by atoms with E-state index in [0.29, 0.717) is 17.9 Å². The van der Waals surface area contributed by atoms with Crippen LogP contribution in [0, 0.1) is 11.8 Å². The molecule has 0 spiro atoms. The number of hydrogen-bond donors (Lipinski definition) is 1. The van der Waals surface area contributed by atoms with E-state index in [1.165, 1.54) is 0 Å². The Morgan fingerprint density at radius 1 is 1.15 bits per heavy atom. The first kappa shape index (κ1) is 17.3. The highest BCUT2D eigenvalue weighted by molar-refractivity contribution is 7.92. The van der Waals surface area contributed by atoms with Crippen molar-refractivity contribution < 1.29 is 22.7 Å². The van der Waals surface area contributed by atoms with Gasteiger partial charge in [0.1, 0.15) is 5.75 Å². The summed E-state index contributed by atoms with van der Waals surface area (Å²) in [4.78, 5) is 26.4. The van der Waals surface area contributed by atoms with Gasteiger partial charge in [0.2, 0.25) is 5.91 Å². The Hall–Kier alpha value is -2.09. The molecule has 3 fully saturated rings. The second-order valence-electron chi connectivity index (χ2n) is 7.36. The van der Waals surface area contributed by atoms with Gasteiger partial charge in [-0.3, -0.25) is 9.59 Å². The molecular formula is C18H22N2O5S. The zero-order valence-corrected chi connectivity index (χ0v) is 15.4. The zero-order chi connectivity index (χ0) is 18.5. The standard InChI is InChI=1S/C18H22N2O5S/c1-25-13-6-4-12(5-7-13)18(22)20-8-14-15(19-17(21)11-2-3-11)10-26(23,24)16(14)9-20/h4-7,11,14-16H,2-3,8-10H2,1H3,(H,19,21). The number of hydrogen-bond acceptors (Lipinski definition) is 5. The molecule has 0 aromatic heterocycles. The van der Waals surface area contributed by atoms with Gasteiger partial charge in [0, 0.05) is 36.5 Å². The van der Waals surface area contributed by atoms with Crippen molar-refractivity contribution in [2.45, 2.75) is 24.1 Å². The summed E-state index contributed by atoms with van der Waals surface area (Å²) in [6.07, 6.45) is 1.75. The van der Waals surface area contributed by atoms with E-state index in [1.807, 2.05) is 0 Å². The minimum Gasteiger partial charge on any atom is -0.497 e. The highest BCUT2D eigenvalue weighted by atomic mass is 32.2. The molecule has 2 amide bonds. The lowest BCUT2D eigenvalue weighted by Crippen LogP contribution is -2.43. The number of amides is 2. The van der Waals surface area contributed by atoms with E-state index in [9.17, 15) is 18.0 Å². The van der Waals surface area contributed by atoms with Crippen molar-refractivity contribution in [2.75, 3.05) is 26.0 Å². The number of nitrogens with one attached hydrogen (secondary N) is 1. The number of nitrogens with zero attached hydrogens (tertiary/aromatic N) is 1. The topological polar surface area (TPSA) is 92.8 Å². The van der Waals surface area contributed by atoms with E-state index < -0.39 is 21.1 Å². The predicted octanol–water partition coefficient (Wildman–Crippen LogP) is 0.459. The molecule has 3 atom stereocenters. The van der Waals surface area contributed by atoms with E-state index >= 15 is 0 Å². The molecule has 2 aliphatic heterocycles. The zero-order valence-electron chi connectivity index (χ0n) is 14.6. The summed E-state index contributed by atoms with van der Waals surface area (Å²) in [5.41, 5.74) is 0.502. The highest BCUT2D eigenvalue weighted by Gasteiger charge is 2.53. The predicted molar refractivity (Wildman–Crippen MR) is 94.6 cm³/mol. The number of carbonyl (C=O) groups excluding carboxylic acids is 2. The molecule has 1 aromatic carbocycles. The summed E-state index contributed by atoms with van der Waals surface area (Å²) in [6.45, 7) is 0.540. The summed E-state index contributed by atoms with van der Waals surface area (Å²) < 4.78 is 30.1. The van der Waals surface area contributed by atoms with Gasteiger partial charge in [0.25, 0.3) is 5.91 Å². The summed E-state index contributed by atoms with van der Waals surface area (Å²) in [7, 11) is -1.76. The number of benzene rings is 1. The molecule has 7 nitrogen and oxygen atoms in total. The molecule has 1 aromatic rings. The van der Waals surface area contributed by atoms with Crippen LogP contribution in [0.3, 0.4) is 0 Å². The third kappa shape index (κ3) is 3.06. The molecule has 2 saturated heterocycles. The molecular weight excluding hydrogens is 356 g/mol. The molecule has 8 heteroatoms. The first-order valence-electron chi connectivity index (χ1n) is 8.84. The van der Waals surface area contributed by atoms with E-state index in [0.717, 1.165) is 12.8 Å². The molecule has 1 aliphatic carbocycles. The molecule has 4 rings (SSSR count). The van der Waals surface area contributed by atoms with Crippen LogP contribution in [0.15, 0.2) is 24.3 Å². The maximum absolute atomic E-state index is 12.7. The third-order valence-corrected chi connectivity index (χ3v) is 7.84. The minimum atomic E-state index is -3.31. The van der Waals surface area contributed by atoms with Crippen LogP contribution in [0.4, 0.5) is 0 Å². The Morgan fingerprint density at radius 2 is 1.85 bits per heavy atom. The Morgan fingerprint density at radius 3 is 2.46 bits per heavy atom. The Balaban J connectivity index is 1.49. The van der Waals surface area contributed by atoms with Crippen molar-refractivity contribution in [3.05, 3.63) is 29.8 Å². The van der Waals surface area contributed by atoms with Gasteiger partial charge in [-0.2, -0.15) is 0 Å². The van der Waals surface area contributed by atoms with Crippen molar-refractivity contribution in [1.29, 1.82) is 0 Å². The quantitative estimate of drug-likeness (QED) is 0.822. The van der Waals surface area contributed by atoms with E-state index in [-0.39, 0.29) is 35.9 Å². The lowest BCUT2D eigenvalue weighted by Gasteiger charge is -2.21. The van der Waals surface area contributed by atoms with Crippen molar-refractivity contribution in [1.82, 2.24) is 10.2 Å². The highest BCUT2D eigenvalue weighted by Crippen LogP contribution is 2.36. The largest absolute Gasteiger partial charge is 0.497 e. The number of fused-ring (bicyclic) bond motifs is 1. The van der Waals surface area contributed by atoms with Crippen molar-refractivity contribution >= 4 is 21.7 Å². The fraction of sp³-hybridized carbons (Fsp3) is 0.556. The fourth-order valence-electron chi connectivity index (χ4n) is 3.94. The second-order valence-corrected chi connectivity index (χ2v) is 9.62. The molecule has 3 aliphatic rings. The Bertz CT molecular complexity index is 832. The van der Waals surface area contributed by atoms with Gasteiger partial charge in [-0.1, -0.05) is 0 Å². The second kappa shape index (κ2) is 6.26.